The first-order valence-corrected chi connectivity index (χ1v) is 13.2. The van der Waals surface area contributed by atoms with Gasteiger partial charge in [0.05, 0.1) is 17.4 Å². The summed E-state index contributed by atoms with van der Waals surface area (Å²) in [5.74, 6) is -1.95. The van der Waals surface area contributed by atoms with Gasteiger partial charge in [-0.25, -0.2) is 13.2 Å². The fraction of sp³-hybridized carbons (Fsp3) is 0.417. The summed E-state index contributed by atoms with van der Waals surface area (Å²) >= 11 is 6.29. The van der Waals surface area contributed by atoms with E-state index >= 15 is 0 Å². The van der Waals surface area contributed by atoms with Crippen molar-refractivity contribution < 1.29 is 32.6 Å². The molecule has 184 valence electrons. The molecule has 1 fully saturated rings. The number of phenolic OH excluding ortho intramolecular Hbond substituents is 1. The highest BCUT2D eigenvalue weighted by molar-refractivity contribution is 7.91. The highest BCUT2D eigenvalue weighted by Gasteiger charge is 2.26. The Morgan fingerprint density at radius 1 is 1.15 bits per heavy atom. The predicted molar refractivity (Wildman–Crippen MR) is 128 cm³/mol. The summed E-state index contributed by atoms with van der Waals surface area (Å²) in [6, 6.07) is 6.95. The number of halogens is 1. The number of phenols is 1. The van der Waals surface area contributed by atoms with Crippen molar-refractivity contribution in [3.63, 3.8) is 0 Å². The van der Waals surface area contributed by atoms with Crippen LogP contribution in [0.3, 0.4) is 0 Å². The average molecular weight is 510 g/mol. The topological polar surface area (TPSA) is 119 Å². The third-order valence-electron chi connectivity index (χ3n) is 5.73. The second kappa shape index (κ2) is 11.1. The Bertz CT molecular complexity index is 1170. The summed E-state index contributed by atoms with van der Waals surface area (Å²) in [7, 11) is -3.74. The minimum Gasteiger partial charge on any atom is -0.507 e. The van der Waals surface area contributed by atoms with Gasteiger partial charge in [-0.2, -0.15) is 0 Å². The fourth-order valence-electron chi connectivity index (χ4n) is 3.97. The molecule has 0 spiro atoms. The molecule has 1 amide bonds. The number of hydrogen-bond acceptors (Lipinski definition) is 7. The van der Waals surface area contributed by atoms with Crippen LogP contribution in [-0.4, -0.2) is 37.8 Å². The van der Waals surface area contributed by atoms with Crippen molar-refractivity contribution in [2.45, 2.75) is 50.8 Å². The van der Waals surface area contributed by atoms with Gasteiger partial charge in [-0.3, -0.25) is 4.79 Å². The van der Waals surface area contributed by atoms with Gasteiger partial charge in [0.25, 0.3) is 0 Å². The number of sulfone groups is 1. The molecule has 1 saturated carbocycles. The average Bonchev–Trinajstić information content (AvgIpc) is 2.80. The Balaban J connectivity index is 1.85. The first kappa shape index (κ1) is 25.8. The lowest BCUT2D eigenvalue weighted by atomic mass is 9.91. The summed E-state index contributed by atoms with van der Waals surface area (Å²) < 4.78 is 36.6. The molecule has 34 heavy (non-hydrogen) atoms. The summed E-state index contributed by atoms with van der Waals surface area (Å²) in [5.41, 5.74) is 0.700. The van der Waals surface area contributed by atoms with E-state index in [1.54, 1.807) is 13.8 Å². The molecule has 2 N–H and O–H groups in total. The molecule has 0 aromatic heterocycles. The van der Waals surface area contributed by atoms with Crippen LogP contribution in [-0.2, 0) is 24.2 Å². The van der Waals surface area contributed by atoms with Gasteiger partial charge in [-0.05, 0) is 56.9 Å². The molecule has 0 heterocycles. The summed E-state index contributed by atoms with van der Waals surface area (Å²) in [5, 5.41) is 12.9. The van der Waals surface area contributed by atoms with Gasteiger partial charge in [0.1, 0.15) is 16.4 Å². The molecular formula is C24H28ClNO7S. The van der Waals surface area contributed by atoms with Crippen LogP contribution in [0.1, 0.15) is 44.6 Å². The SMILES string of the molecule is CCOC(=O)C(=O)Nc1ccc(Cl)c(Oc2ccc(O)c(S(=O)(=O)CC3CCCCC3)c2)c1C. The summed E-state index contributed by atoms with van der Waals surface area (Å²) in [6.45, 7) is 3.28. The van der Waals surface area contributed by atoms with Crippen LogP contribution in [0.2, 0.25) is 5.02 Å². The smallest absolute Gasteiger partial charge is 0.397 e. The van der Waals surface area contributed by atoms with E-state index in [1.165, 1.54) is 30.3 Å². The Morgan fingerprint density at radius 2 is 1.85 bits per heavy atom. The minimum absolute atomic E-state index is 0.0286. The Hall–Kier alpha value is -2.78. The van der Waals surface area contributed by atoms with E-state index in [9.17, 15) is 23.1 Å². The first-order chi connectivity index (χ1) is 16.1. The van der Waals surface area contributed by atoms with E-state index in [0.717, 1.165) is 32.1 Å². The van der Waals surface area contributed by atoms with Gasteiger partial charge >= 0.3 is 11.9 Å². The molecule has 0 saturated heterocycles. The number of hydrogen-bond donors (Lipinski definition) is 2. The van der Waals surface area contributed by atoms with Gasteiger partial charge in [-0.1, -0.05) is 30.9 Å². The van der Waals surface area contributed by atoms with Gasteiger partial charge in [-0.15, -0.1) is 0 Å². The van der Waals surface area contributed by atoms with Crippen LogP contribution < -0.4 is 10.1 Å². The first-order valence-electron chi connectivity index (χ1n) is 11.1. The minimum atomic E-state index is -3.74. The molecule has 0 unspecified atom stereocenters. The third-order valence-corrected chi connectivity index (χ3v) is 7.94. The van der Waals surface area contributed by atoms with Gasteiger partial charge < -0.3 is 19.9 Å². The Kier molecular flexibility index (Phi) is 8.43. The summed E-state index contributed by atoms with van der Waals surface area (Å²) in [6.07, 6.45) is 4.85. The molecule has 0 bridgehead atoms. The second-order valence-electron chi connectivity index (χ2n) is 8.24. The number of carbonyl (C=O) groups is 2. The van der Waals surface area contributed by atoms with Crippen LogP contribution in [0.5, 0.6) is 17.2 Å². The zero-order valence-corrected chi connectivity index (χ0v) is 20.7. The van der Waals surface area contributed by atoms with E-state index in [2.05, 4.69) is 10.1 Å². The van der Waals surface area contributed by atoms with Crippen molar-refractivity contribution >= 4 is 39.0 Å². The lowest BCUT2D eigenvalue weighted by Gasteiger charge is -2.21. The van der Waals surface area contributed by atoms with E-state index in [4.69, 9.17) is 16.3 Å². The normalized spacial score (nSPS) is 14.4. The molecule has 2 aromatic rings. The lowest BCUT2D eigenvalue weighted by Crippen LogP contribution is -2.25. The largest absolute Gasteiger partial charge is 0.507 e. The molecule has 10 heteroatoms. The Morgan fingerprint density at radius 3 is 2.53 bits per heavy atom. The highest BCUT2D eigenvalue weighted by Crippen LogP contribution is 2.39. The third kappa shape index (κ3) is 6.21. The molecule has 0 atom stereocenters. The van der Waals surface area contributed by atoms with Gasteiger partial charge in [0.2, 0.25) is 0 Å². The number of aromatic hydroxyl groups is 1. The van der Waals surface area contributed by atoms with Crippen molar-refractivity contribution in [2.24, 2.45) is 5.92 Å². The quantitative estimate of drug-likeness (QED) is 0.398. The van der Waals surface area contributed by atoms with E-state index in [0.29, 0.717) is 5.56 Å². The number of amides is 1. The van der Waals surface area contributed by atoms with Crippen molar-refractivity contribution in [1.29, 1.82) is 0 Å². The van der Waals surface area contributed by atoms with Crippen molar-refractivity contribution in [1.82, 2.24) is 0 Å². The van der Waals surface area contributed by atoms with Crippen molar-refractivity contribution in [3.8, 4) is 17.2 Å². The number of nitrogens with one attached hydrogen (secondary N) is 1. The zero-order valence-electron chi connectivity index (χ0n) is 19.1. The maximum atomic E-state index is 13.0. The molecule has 1 aliphatic rings. The number of ether oxygens (including phenoxy) is 2. The molecule has 2 aromatic carbocycles. The maximum Gasteiger partial charge on any atom is 0.397 e. The number of carbonyl (C=O) groups excluding carboxylic acids is 2. The monoisotopic (exact) mass is 509 g/mol. The van der Waals surface area contributed by atoms with E-state index < -0.39 is 21.7 Å². The Labute approximate surface area is 204 Å². The number of esters is 1. The molecule has 0 aliphatic heterocycles. The molecule has 1 aliphatic carbocycles. The highest BCUT2D eigenvalue weighted by atomic mass is 35.5. The zero-order chi connectivity index (χ0) is 24.9. The second-order valence-corrected chi connectivity index (χ2v) is 10.7. The number of anilines is 1. The van der Waals surface area contributed by atoms with Crippen LogP contribution in [0, 0.1) is 12.8 Å². The molecule has 8 nitrogen and oxygen atoms in total. The fourth-order valence-corrected chi connectivity index (χ4v) is 6.03. The maximum absolute atomic E-state index is 13.0. The van der Waals surface area contributed by atoms with Crippen molar-refractivity contribution in [3.05, 3.63) is 40.9 Å². The number of rotatable bonds is 7. The van der Waals surface area contributed by atoms with Crippen LogP contribution in [0.25, 0.3) is 0 Å². The van der Waals surface area contributed by atoms with Gasteiger partial charge in [0, 0.05) is 17.3 Å². The summed E-state index contributed by atoms with van der Waals surface area (Å²) in [4.78, 5) is 23.4. The predicted octanol–water partition coefficient (Wildman–Crippen LogP) is 5.00. The molecule has 3 rings (SSSR count). The molecule has 0 radical (unpaired) electrons. The lowest BCUT2D eigenvalue weighted by molar-refractivity contribution is -0.152. The van der Waals surface area contributed by atoms with E-state index in [-0.39, 0.29) is 51.1 Å². The van der Waals surface area contributed by atoms with Crippen LogP contribution in [0.4, 0.5) is 5.69 Å². The van der Waals surface area contributed by atoms with Crippen LogP contribution >= 0.6 is 11.6 Å². The number of benzene rings is 2. The van der Waals surface area contributed by atoms with Crippen LogP contribution in [0.15, 0.2) is 35.2 Å². The van der Waals surface area contributed by atoms with E-state index in [1.807, 2.05) is 0 Å². The standard InChI is InChI=1S/C24H28ClNO7S/c1-3-32-24(29)23(28)26-19-11-10-18(25)22(15(19)2)33-17-9-12-20(27)21(13-17)34(30,31)14-16-7-5-4-6-8-16/h9-13,16,27H,3-8,14H2,1-2H3,(H,26,28). The van der Waals surface area contributed by atoms with Crippen molar-refractivity contribution in [2.75, 3.05) is 17.7 Å². The molecular weight excluding hydrogens is 482 g/mol. The van der Waals surface area contributed by atoms with Gasteiger partial charge in [0.15, 0.2) is 15.6 Å².